The lowest BCUT2D eigenvalue weighted by Gasteiger charge is -2.12. The molecule has 2 rings (SSSR count). The smallest absolute Gasteiger partial charge is 0.242 e. The fraction of sp³-hybridized carbons (Fsp3) is 0.500. The third-order valence-electron chi connectivity index (χ3n) is 2.97. The Morgan fingerprint density at radius 2 is 2.28 bits per heavy atom. The van der Waals surface area contributed by atoms with Gasteiger partial charge in [0.05, 0.1) is 6.04 Å². The van der Waals surface area contributed by atoms with Crippen LogP contribution in [0.3, 0.4) is 0 Å². The van der Waals surface area contributed by atoms with Gasteiger partial charge in [0.25, 0.3) is 0 Å². The second kappa shape index (κ2) is 6.50. The molecular formula is C12H17BrClN3O. The molecule has 100 valence electrons. The minimum Gasteiger partial charge on any atom is -0.309 e. The molecule has 1 aromatic rings. The number of hydrogen-bond donors (Lipinski definition) is 2. The topological polar surface area (TPSA) is 54.0 Å². The summed E-state index contributed by atoms with van der Waals surface area (Å²) >= 11 is 3.30. The van der Waals surface area contributed by atoms with Crippen molar-refractivity contribution in [1.29, 1.82) is 0 Å². The lowest BCUT2D eigenvalue weighted by atomic mass is 10.1. The summed E-state index contributed by atoms with van der Waals surface area (Å²) in [4.78, 5) is 16.3. The Labute approximate surface area is 121 Å². The van der Waals surface area contributed by atoms with Crippen molar-refractivity contribution >= 4 is 40.1 Å². The quantitative estimate of drug-likeness (QED) is 0.817. The monoisotopic (exact) mass is 333 g/mol. The number of rotatable bonds is 2. The van der Waals surface area contributed by atoms with Crippen LogP contribution in [0.25, 0.3) is 0 Å². The van der Waals surface area contributed by atoms with Crippen molar-refractivity contribution in [1.82, 2.24) is 10.3 Å². The number of amides is 1. The van der Waals surface area contributed by atoms with Crippen LogP contribution < -0.4 is 10.6 Å². The van der Waals surface area contributed by atoms with Crippen LogP contribution in [0.1, 0.15) is 18.9 Å². The fourth-order valence-corrected chi connectivity index (χ4v) is 2.26. The highest BCUT2D eigenvalue weighted by atomic mass is 79.9. The number of pyridine rings is 1. The molecule has 1 saturated heterocycles. The van der Waals surface area contributed by atoms with Crippen molar-refractivity contribution in [2.45, 2.75) is 26.3 Å². The van der Waals surface area contributed by atoms with Gasteiger partial charge >= 0.3 is 0 Å². The van der Waals surface area contributed by atoms with E-state index in [2.05, 4.69) is 38.5 Å². The summed E-state index contributed by atoms with van der Waals surface area (Å²) in [5.74, 6) is 1.19. The Morgan fingerprint density at radius 1 is 1.56 bits per heavy atom. The van der Waals surface area contributed by atoms with Gasteiger partial charge in [0.15, 0.2) is 0 Å². The van der Waals surface area contributed by atoms with Crippen LogP contribution in [0.5, 0.6) is 0 Å². The summed E-state index contributed by atoms with van der Waals surface area (Å²) in [7, 11) is 0. The van der Waals surface area contributed by atoms with Gasteiger partial charge in [-0.2, -0.15) is 0 Å². The molecule has 1 fully saturated rings. The molecule has 4 nitrogen and oxygen atoms in total. The summed E-state index contributed by atoms with van der Waals surface area (Å²) in [6.07, 6.45) is 0.888. The molecule has 6 heteroatoms. The average Bonchev–Trinajstić information content (AvgIpc) is 2.70. The highest BCUT2D eigenvalue weighted by Gasteiger charge is 2.27. The fourth-order valence-electron chi connectivity index (χ4n) is 1.95. The van der Waals surface area contributed by atoms with Crippen LogP contribution in [0.15, 0.2) is 16.7 Å². The molecular weight excluding hydrogens is 318 g/mol. The molecule has 2 heterocycles. The van der Waals surface area contributed by atoms with Gasteiger partial charge in [-0.25, -0.2) is 4.98 Å². The van der Waals surface area contributed by atoms with Crippen LogP contribution in [-0.4, -0.2) is 23.5 Å². The maximum Gasteiger partial charge on any atom is 0.242 e. The summed E-state index contributed by atoms with van der Waals surface area (Å²) in [5, 5.41) is 6.08. The van der Waals surface area contributed by atoms with Crippen LogP contribution in [0.2, 0.25) is 0 Å². The van der Waals surface area contributed by atoms with Gasteiger partial charge in [-0.15, -0.1) is 12.4 Å². The molecule has 0 bridgehead atoms. The molecule has 1 aliphatic rings. The minimum atomic E-state index is -0.0924. The largest absolute Gasteiger partial charge is 0.309 e. The highest BCUT2D eigenvalue weighted by molar-refractivity contribution is 9.10. The van der Waals surface area contributed by atoms with E-state index >= 15 is 0 Å². The van der Waals surface area contributed by atoms with E-state index in [1.807, 2.05) is 19.1 Å². The summed E-state index contributed by atoms with van der Waals surface area (Å²) in [5.41, 5.74) is 0.965. The first kappa shape index (κ1) is 15.4. The number of nitrogens with zero attached hydrogens (tertiary/aromatic N) is 1. The average molecular weight is 335 g/mol. The van der Waals surface area contributed by atoms with E-state index in [0.29, 0.717) is 11.7 Å². The standard InChI is InChI=1S/C12H16BrN3O.ClH/c1-7-5-9(14-6-7)12(17)16-11-8(2)3-4-10(13)15-11;/h3-4,7,9,14H,5-6H2,1-2H3,(H,15,16,17);1H/t7-,9+;/m1./s1. The molecule has 2 atom stereocenters. The Bertz CT molecular complexity index is 441. The van der Waals surface area contributed by atoms with E-state index in [-0.39, 0.29) is 24.4 Å². The van der Waals surface area contributed by atoms with Gasteiger partial charge in [-0.3, -0.25) is 4.79 Å². The van der Waals surface area contributed by atoms with E-state index in [1.54, 1.807) is 0 Å². The van der Waals surface area contributed by atoms with Crippen LogP contribution in [0, 0.1) is 12.8 Å². The van der Waals surface area contributed by atoms with Gasteiger partial charge in [0, 0.05) is 0 Å². The minimum absolute atomic E-state index is 0. The maximum absolute atomic E-state index is 12.0. The number of nitrogens with one attached hydrogen (secondary N) is 2. The van der Waals surface area contributed by atoms with Gasteiger partial charge < -0.3 is 10.6 Å². The lowest BCUT2D eigenvalue weighted by Crippen LogP contribution is -2.35. The first-order valence-electron chi connectivity index (χ1n) is 5.73. The van der Waals surface area contributed by atoms with Crippen LogP contribution in [0.4, 0.5) is 5.82 Å². The molecule has 0 saturated carbocycles. The second-order valence-electron chi connectivity index (χ2n) is 4.59. The first-order valence-corrected chi connectivity index (χ1v) is 6.53. The zero-order chi connectivity index (χ0) is 12.4. The third-order valence-corrected chi connectivity index (χ3v) is 3.41. The van der Waals surface area contributed by atoms with Crippen molar-refractivity contribution in [2.75, 3.05) is 11.9 Å². The second-order valence-corrected chi connectivity index (χ2v) is 5.40. The molecule has 0 unspecified atom stereocenters. The summed E-state index contributed by atoms with van der Waals surface area (Å²) in [6, 6.07) is 3.70. The Balaban J connectivity index is 0.00000162. The number of hydrogen-bond acceptors (Lipinski definition) is 3. The third kappa shape index (κ3) is 3.67. The molecule has 1 aromatic heterocycles. The number of carbonyl (C=O) groups excluding carboxylic acids is 1. The lowest BCUT2D eigenvalue weighted by molar-refractivity contribution is -0.117. The number of carbonyl (C=O) groups is 1. The van der Waals surface area contributed by atoms with Gasteiger partial charge in [-0.1, -0.05) is 13.0 Å². The van der Waals surface area contributed by atoms with Crippen LogP contribution in [-0.2, 0) is 4.79 Å². The highest BCUT2D eigenvalue weighted by Crippen LogP contribution is 2.18. The van der Waals surface area contributed by atoms with Crippen molar-refractivity contribution in [3.05, 3.63) is 22.3 Å². The van der Waals surface area contributed by atoms with Gasteiger partial charge in [-0.05, 0) is 53.4 Å². The molecule has 0 aromatic carbocycles. The van der Waals surface area contributed by atoms with E-state index in [0.717, 1.165) is 23.1 Å². The van der Waals surface area contributed by atoms with Crippen molar-refractivity contribution < 1.29 is 4.79 Å². The SMILES string of the molecule is Cc1ccc(Br)nc1NC(=O)[C@@H]1C[C@@H](C)CN1.Cl. The number of aromatic nitrogens is 1. The molecule has 0 radical (unpaired) electrons. The van der Waals surface area contributed by atoms with Crippen molar-refractivity contribution in [3.8, 4) is 0 Å². The summed E-state index contributed by atoms with van der Waals surface area (Å²) < 4.78 is 0.728. The van der Waals surface area contributed by atoms with E-state index in [1.165, 1.54) is 0 Å². The molecule has 1 aliphatic heterocycles. The predicted molar refractivity (Wildman–Crippen MR) is 78.1 cm³/mol. The van der Waals surface area contributed by atoms with E-state index in [9.17, 15) is 4.79 Å². The molecule has 1 amide bonds. The van der Waals surface area contributed by atoms with Gasteiger partial charge in [0.1, 0.15) is 10.4 Å². The Morgan fingerprint density at radius 3 is 2.89 bits per heavy atom. The van der Waals surface area contributed by atoms with Gasteiger partial charge in [0.2, 0.25) is 5.91 Å². The predicted octanol–water partition coefficient (Wildman–Crippen LogP) is 2.51. The van der Waals surface area contributed by atoms with E-state index < -0.39 is 0 Å². The van der Waals surface area contributed by atoms with Crippen molar-refractivity contribution in [3.63, 3.8) is 0 Å². The molecule has 0 aliphatic carbocycles. The number of aryl methyl sites for hydroxylation is 1. The maximum atomic E-state index is 12.0. The molecule has 0 spiro atoms. The Kier molecular flexibility index (Phi) is 5.56. The zero-order valence-corrected chi connectivity index (χ0v) is 12.8. The molecule has 2 N–H and O–H groups in total. The van der Waals surface area contributed by atoms with E-state index in [4.69, 9.17) is 0 Å². The molecule has 18 heavy (non-hydrogen) atoms. The summed E-state index contributed by atoms with van der Waals surface area (Å²) in [6.45, 7) is 4.98. The Hall–Kier alpha value is -0.650. The number of anilines is 1. The van der Waals surface area contributed by atoms with Crippen LogP contribution >= 0.6 is 28.3 Å². The number of halogens is 2. The van der Waals surface area contributed by atoms with Crippen molar-refractivity contribution in [2.24, 2.45) is 5.92 Å². The zero-order valence-electron chi connectivity index (χ0n) is 10.4. The first-order chi connectivity index (χ1) is 8.06. The normalized spacial score (nSPS) is 22.4.